The van der Waals surface area contributed by atoms with Crippen molar-refractivity contribution in [3.8, 4) is 0 Å². The lowest BCUT2D eigenvalue weighted by molar-refractivity contribution is 0.166. The molecule has 0 amide bonds. The first-order valence-corrected chi connectivity index (χ1v) is 9.84. The summed E-state index contributed by atoms with van der Waals surface area (Å²) < 4.78 is 14.1. The van der Waals surface area contributed by atoms with Gasteiger partial charge in [-0.15, -0.1) is 0 Å². The van der Waals surface area contributed by atoms with Crippen molar-refractivity contribution in [3.05, 3.63) is 34.1 Å². The van der Waals surface area contributed by atoms with E-state index in [1.807, 2.05) is 13.8 Å². The Bertz CT molecular complexity index is 731. The molecule has 3 rings (SSSR count). The molecule has 26 heavy (non-hydrogen) atoms. The molecule has 1 aliphatic heterocycles. The fourth-order valence-electron chi connectivity index (χ4n) is 3.53. The lowest BCUT2D eigenvalue weighted by atomic mass is 9.93. The first-order chi connectivity index (χ1) is 12.4. The summed E-state index contributed by atoms with van der Waals surface area (Å²) in [6.07, 6.45) is 2.46. The Kier molecular flexibility index (Phi) is 6.16. The Morgan fingerprint density at radius 3 is 2.92 bits per heavy atom. The van der Waals surface area contributed by atoms with Gasteiger partial charge in [-0.25, -0.2) is 9.97 Å². The van der Waals surface area contributed by atoms with E-state index in [2.05, 4.69) is 31.2 Å². The fraction of sp³-hybridized carbons (Fsp3) is 0.611. The van der Waals surface area contributed by atoms with Gasteiger partial charge in [0.15, 0.2) is 5.13 Å². The third-order valence-corrected chi connectivity index (χ3v) is 5.42. The van der Waals surface area contributed by atoms with E-state index in [0.717, 1.165) is 43.1 Å². The van der Waals surface area contributed by atoms with Crippen LogP contribution in [0.25, 0.3) is 0 Å². The van der Waals surface area contributed by atoms with E-state index in [4.69, 9.17) is 0 Å². The van der Waals surface area contributed by atoms with Crippen LogP contribution in [0.4, 0.5) is 9.52 Å². The van der Waals surface area contributed by atoms with E-state index in [0.29, 0.717) is 22.5 Å². The van der Waals surface area contributed by atoms with Gasteiger partial charge in [0.25, 0.3) is 0 Å². The molecule has 8 heteroatoms. The van der Waals surface area contributed by atoms with E-state index in [9.17, 15) is 9.50 Å². The highest BCUT2D eigenvalue weighted by atomic mass is 32.1. The van der Waals surface area contributed by atoms with Crippen LogP contribution in [0.15, 0.2) is 6.07 Å². The molecule has 142 valence electrons. The largest absolute Gasteiger partial charge is 0.374 e. The number of likely N-dealkylation sites (tertiary alicyclic amines) is 1. The van der Waals surface area contributed by atoms with Crippen LogP contribution < -0.4 is 5.32 Å². The van der Waals surface area contributed by atoms with Crippen molar-refractivity contribution in [2.24, 2.45) is 5.92 Å². The minimum absolute atomic E-state index is 0.424. The van der Waals surface area contributed by atoms with Gasteiger partial charge in [-0.1, -0.05) is 11.3 Å². The molecule has 1 fully saturated rings. The summed E-state index contributed by atoms with van der Waals surface area (Å²) in [5.41, 5.74) is 2.10. The minimum atomic E-state index is -0.743. The normalized spacial score (nSPS) is 19.5. The van der Waals surface area contributed by atoms with Crippen molar-refractivity contribution in [2.45, 2.75) is 52.8 Å². The van der Waals surface area contributed by atoms with Crippen LogP contribution in [-0.4, -0.2) is 44.3 Å². The Hall–Kier alpha value is -1.64. The molecule has 6 nitrogen and oxygen atoms in total. The van der Waals surface area contributed by atoms with E-state index in [1.165, 1.54) is 17.8 Å². The van der Waals surface area contributed by atoms with E-state index < -0.39 is 12.2 Å². The Morgan fingerprint density at radius 1 is 1.38 bits per heavy atom. The first-order valence-electron chi connectivity index (χ1n) is 9.02. The van der Waals surface area contributed by atoms with Gasteiger partial charge >= 0.3 is 0 Å². The van der Waals surface area contributed by atoms with Gasteiger partial charge in [0.05, 0.1) is 4.88 Å². The smallest absolute Gasteiger partial charge is 0.230 e. The molecular formula is C18H26FN5OS. The number of aromatic nitrogens is 3. The second kappa shape index (κ2) is 8.37. The van der Waals surface area contributed by atoms with Gasteiger partial charge in [0.2, 0.25) is 5.95 Å². The van der Waals surface area contributed by atoms with Gasteiger partial charge in [0, 0.05) is 24.5 Å². The zero-order valence-corrected chi connectivity index (χ0v) is 16.3. The number of nitrogens with zero attached hydrogens (tertiary/aromatic N) is 4. The molecule has 0 bridgehead atoms. The summed E-state index contributed by atoms with van der Waals surface area (Å²) in [7, 11) is 0. The van der Waals surface area contributed by atoms with E-state index in [-0.39, 0.29) is 0 Å². The number of aryl methyl sites for hydroxylation is 2. The molecule has 0 aromatic carbocycles. The lowest BCUT2D eigenvalue weighted by Crippen LogP contribution is -2.35. The summed E-state index contributed by atoms with van der Waals surface area (Å²) in [5, 5.41) is 12.5. The van der Waals surface area contributed by atoms with Crippen LogP contribution in [-0.2, 0) is 13.0 Å². The maximum absolute atomic E-state index is 14.1. The van der Waals surface area contributed by atoms with Gasteiger partial charge in [-0.05, 0) is 58.6 Å². The predicted octanol–water partition coefficient (Wildman–Crippen LogP) is 2.89. The predicted molar refractivity (Wildman–Crippen MR) is 101 cm³/mol. The average molecular weight is 380 g/mol. The highest BCUT2D eigenvalue weighted by molar-refractivity contribution is 7.15. The molecule has 1 unspecified atom stereocenters. The van der Waals surface area contributed by atoms with Crippen LogP contribution in [0.5, 0.6) is 0 Å². The van der Waals surface area contributed by atoms with E-state index >= 15 is 0 Å². The molecule has 3 heterocycles. The van der Waals surface area contributed by atoms with Crippen LogP contribution in [0.2, 0.25) is 0 Å². The van der Waals surface area contributed by atoms with Gasteiger partial charge in [0.1, 0.15) is 12.1 Å². The zero-order valence-electron chi connectivity index (χ0n) is 15.5. The van der Waals surface area contributed by atoms with Gasteiger partial charge in [-0.3, -0.25) is 4.90 Å². The van der Waals surface area contributed by atoms with Crippen molar-refractivity contribution in [1.29, 1.82) is 0 Å². The monoisotopic (exact) mass is 379 g/mol. The molecular weight excluding hydrogens is 353 g/mol. The maximum Gasteiger partial charge on any atom is 0.230 e. The van der Waals surface area contributed by atoms with Crippen LogP contribution in [0.3, 0.4) is 0 Å². The van der Waals surface area contributed by atoms with Gasteiger partial charge in [-0.2, -0.15) is 9.37 Å². The molecule has 2 aromatic rings. The third-order valence-electron chi connectivity index (χ3n) is 4.47. The Morgan fingerprint density at radius 2 is 2.19 bits per heavy atom. The van der Waals surface area contributed by atoms with Crippen LogP contribution in [0, 0.1) is 25.7 Å². The molecule has 1 saturated heterocycles. The van der Waals surface area contributed by atoms with Crippen molar-refractivity contribution < 1.29 is 9.50 Å². The van der Waals surface area contributed by atoms with Crippen LogP contribution in [0.1, 0.15) is 41.9 Å². The van der Waals surface area contributed by atoms with Crippen molar-refractivity contribution in [3.63, 3.8) is 0 Å². The van der Waals surface area contributed by atoms with Gasteiger partial charge < -0.3 is 10.4 Å². The first kappa shape index (κ1) is 19.1. The number of rotatable bonds is 6. The topological polar surface area (TPSA) is 74.2 Å². The highest BCUT2D eigenvalue weighted by Crippen LogP contribution is 2.27. The van der Waals surface area contributed by atoms with Crippen molar-refractivity contribution in [1.82, 2.24) is 19.9 Å². The number of halogens is 1. The number of anilines is 1. The van der Waals surface area contributed by atoms with Crippen molar-refractivity contribution >= 4 is 16.5 Å². The second-order valence-corrected chi connectivity index (χ2v) is 8.13. The molecule has 0 spiro atoms. The highest BCUT2D eigenvalue weighted by Gasteiger charge is 2.23. The molecule has 0 radical (unpaired) electrons. The number of thiazole rings is 1. The Balaban J connectivity index is 1.61. The molecule has 2 N–H and O–H groups in total. The molecule has 0 saturated carbocycles. The standard InChI is InChI=1S/C18H26FN5OS/c1-11-7-15(21-12(2)20-11)8-14-5-4-6-24(9-14)10-16-17(19)23-18(26-16)22-13(3)25/h7,13-14,25H,4-6,8-10H2,1-3H3,(H,22,23)/t13?,14-/m1/s1. The number of piperidine rings is 1. The number of aliphatic hydroxyl groups is 1. The third kappa shape index (κ3) is 5.18. The average Bonchev–Trinajstić information content (AvgIpc) is 2.85. The molecule has 2 aromatic heterocycles. The zero-order chi connectivity index (χ0) is 18.7. The van der Waals surface area contributed by atoms with Crippen molar-refractivity contribution in [2.75, 3.05) is 18.4 Å². The number of hydrogen-bond acceptors (Lipinski definition) is 7. The molecule has 1 aliphatic rings. The lowest BCUT2D eigenvalue weighted by Gasteiger charge is -2.32. The summed E-state index contributed by atoms with van der Waals surface area (Å²) in [6, 6.07) is 2.06. The summed E-state index contributed by atoms with van der Waals surface area (Å²) in [4.78, 5) is 15.7. The summed E-state index contributed by atoms with van der Waals surface area (Å²) in [5.74, 6) is 0.892. The quantitative estimate of drug-likeness (QED) is 0.752. The second-order valence-electron chi connectivity index (χ2n) is 7.05. The summed E-state index contributed by atoms with van der Waals surface area (Å²) in [6.45, 7) is 7.97. The number of nitrogens with one attached hydrogen (secondary N) is 1. The molecule has 2 atom stereocenters. The summed E-state index contributed by atoms with van der Waals surface area (Å²) >= 11 is 1.27. The van der Waals surface area contributed by atoms with Crippen LogP contribution >= 0.6 is 11.3 Å². The Labute approximate surface area is 157 Å². The SMILES string of the molecule is Cc1cc(C[C@H]2CCCN(Cc3sc(NC(C)O)nc3F)C2)nc(C)n1. The van der Waals surface area contributed by atoms with E-state index in [1.54, 1.807) is 6.92 Å². The maximum atomic E-state index is 14.1. The number of aliphatic hydroxyl groups excluding tert-OH is 1. The molecule has 0 aliphatic carbocycles. The number of hydrogen-bond donors (Lipinski definition) is 2. The fourth-order valence-corrected chi connectivity index (χ4v) is 4.50. The minimum Gasteiger partial charge on any atom is -0.374 e.